The van der Waals surface area contributed by atoms with Crippen LogP contribution in [0.3, 0.4) is 0 Å². The Labute approximate surface area is 152 Å². The predicted octanol–water partition coefficient (Wildman–Crippen LogP) is 2.56. The lowest BCUT2D eigenvalue weighted by molar-refractivity contribution is 0.180. The van der Waals surface area contributed by atoms with Crippen LogP contribution < -0.4 is 10.1 Å². The van der Waals surface area contributed by atoms with Crippen molar-refractivity contribution < 1.29 is 19.7 Å². The highest BCUT2D eigenvalue weighted by Crippen LogP contribution is 2.25. The second kappa shape index (κ2) is 10.0. The molecule has 0 atom stereocenters. The van der Waals surface area contributed by atoms with Gasteiger partial charge in [0.2, 0.25) is 0 Å². The summed E-state index contributed by atoms with van der Waals surface area (Å²) in [6.07, 6.45) is 0.443. The number of para-hydroxylation sites is 1. The number of nitriles is 1. The van der Waals surface area contributed by atoms with Gasteiger partial charge >= 0.3 is 6.03 Å². The molecule has 0 aliphatic carbocycles. The molecule has 0 heterocycles. The highest BCUT2D eigenvalue weighted by atomic mass is 16.5. The van der Waals surface area contributed by atoms with Crippen LogP contribution in [-0.2, 0) is 0 Å². The molecule has 2 aromatic rings. The van der Waals surface area contributed by atoms with Crippen LogP contribution in [0.15, 0.2) is 48.5 Å². The van der Waals surface area contributed by atoms with Crippen molar-refractivity contribution in [1.29, 1.82) is 5.26 Å². The Morgan fingerprint density at radius 3 is 2.46 bits per heavy atom. The molecule has 2 rings (SSSR count). The first-order valence-electron chi connectivity index (χ1n) is 8.22. The zero-order chi connectivity index (χ0) is 18.8. The van der Waals surface area contributed by atoms with Gasteiger partial charge in [-0.3, -0.25) is 0 Å². The fourth-order valence-corrected chi connectivity index (χ4v) is 2.28. The van der Waals surface area contributed by atoms with Crippen LogP contribution in [0.2, 0.25) is 0 Å². The van der Waals surface area contributed by atoms with Gasteiger partial charge in [-0.2, -0.15) is 5.26 Å². The van der Waals surface area contributed by atoms with Crippen LogP contribution in [0.25, 0.3) is 0 Å². The van der Waals surface area contributed by atoms with E-state index in [-0.39, 0.29) is 25.8 Å². The van der Waals surface area contributed by atoms with Crippen LogP contribution in [0.1, 0.15) is 12.0 Å². The molecule has 0 aliphatic heterocycles. The molecule has 0 aliphatic rings. The Kier molecular flexibility index (Phi) is 7.43. The Hall–Kier alpha value is -3.08. The minimum atomic E-state index is -0.351. The Morgan fingerprint density at radius 1 is 1.08 bits per heavy atom. The van der Waals surface area contributed by atoms with E-state index in [9.17, 15) is 4.79 Å². The average molecular weight is 355 g/mol. The lowest BCUT2D eigenvalue weighted by Crippen LogP contribution is -2.38. The number of hydrogen-bond donors (Lipinski definition) is 3. The summed E-state index contributed by atoms with van der Waals surface area (Å²) in [6, 6.07) is 15.4. The number of benzene rings is 2. The van der Waals surface area contributed by atoms with Crippen molar-refractivity contribution in [3.05, 3.63) is 54.1 Å². The van der Waals surface area contributed by atoms with E-state index in [0.29, 0.717) is 35.7 Å². The molecule has 0 spiro atoms. The summed E-state index contributed by atoms with van der Waals surface area (Å²) in [5.41, 5.74) is 1.01. The third-order valence-corrected chi connectivity index (χ3v) is 3.58. The smallest absolute Gasteiger partial charge is 0.321 e. The fraction of sp³-hybridized carbons (Fsp3) is 0.263. The lowest BCUT2D eigenvalue weighted by Gasteiger charge is -2.21. The summed E-state index contributed by atoms with van der Waals surface area (Å²) >= 11 is 0. The van der Waals surface area contributed by atoms with E-state index < -0.39 is 0 Å². The molecule has 2 aromatic carbocycles. The van der Waals surface area contributed by atoms with E-state index in [4.69, 9.17) is 20.2 Å². The standard InChI is InChI=1S/C19H21N3O4/c20-14-15-4-1-2-5-18(15)26-17-8-6-16(7-9-17)21-19(25)22(11-13-24)10-3-12-23/h1-2,4-9,23-24H,3,10-13H2,(H,21,25). The zero-order valence-corrected chi connectivity index (χ0v) is 14.3. The molecule has 7 heteroatoms. The van der Waals surface area contributed by atoms with E-state index in [1.807, 2.05) is 0 Å². The van der Waals surface area contributed by atoms with Gasteiger partial charge < -0.3 is 25.2 Å². The molecule has 136 valence electrons. The monoisotopic (exact) mass is 355 g/mol. The van der Waals surface area contributed by atoms with Gasteiger partial charge in [0.15, 0.2) is 0 Å². The highest BCUT2D eigenvalue weighted by molar-refractivity contribution is 5.89. The largest absolute Gasteiger partial charge is 0.456 e. The molecule has 0 unspecified atom stereocenters. The molecule has 2 amide bonds. The third-order valence-electron chi connectivity index (χ3n) is 3.58. The van der Waals surface area contributed by atoms with E-state index in [0.717, 1.165) is 0 Å². The molecule has 3 N–H and O–H groups in total. The normalized spacial score (nSPS) is 10.0. The highest BCUT2D eigenvalue weighted by Gasteiger charge is 2.12. The number of amides is 2. The molecule has 7 nitrogen and oxygen atoms in total. The molecule has 0 bridgehead atoms. The van der Waals surface area contributed by atoms with Crippen molar-refractivity contribution in [2.24, 2.45) is 0 Å². The van der Waals surface area contributed by atoms with Crippen molar-refractivity contribution in [2.75, 3.05) is 31.6 Å². The maximum Gasteiger partial charge on any atom is 0.321 e. The van der Waals surface area contributed by atoms with Gasteiger partial charge in [0, 0.05) is 25.4 Å². The number of aliphatic hydroxyl groups excluding tert-OH is 2. The molecule has 0 radical (unpaired) electrons. The number of carbonyl (C=O) groups excluding carboxylic acids is 1. The number of rotatable bonds is 8. The second-order valence-electron chi connectivity index (χ2n) is 5.45. The minimum absolute atomic E-state index is 0.0224. The first-order valence-corrected chi connectivity index (χ1v) is 8.22. The first-order chi connectivity index (χ1) is 12.7. The summed E-state index contributed by atoms with van der Waals surface area (Å²) in [7, 11) is 0. The topological polar surface area (TPSA) is 106 Å². The van der Waals surface area contributed by atoms with Gasteiger partial charge in [0.1, 0.15) is 17.6 Å². The molecule has 0 saturated carbocycles. The van der Waals surface area contributed by atoms with Gasteiger partial charge in [0.05, 0.1) is 12.2 Å². The number of nitrogens with one attached hydrogen (secondary N) is 1. The van der Waals surface area contributed by atoms with Crippen molar-refractivity contribution in [1.82, 2.24) is 4.90 Å². The van der Waals surface area contributed by atoms with Gasteiger partial charge in [-0.1, -0.05) is 12.1 Å². The number of nitrogens with zero attached hydrogens (tertiary/aromatic N) is 2. The lowest BCUT2D eigenvalue weighted by atomic mass is 10.2. The Balaban J connectivity index is 2.00. The number of urea groups is 1. The maximum absolute atomic E-state index is 12.2. The van der Waals surface area contributed by atoms with Gasteiger partial charge in [0.25, 0.3) is 0 Å². The van der Waals surface area contributed by atoms with Crippen LogP contribution >= 0.6 is 0 Å². The number of carbonyl (C=O) groups is 1. The number of hydrogen-bond acceptors (Lipinski definition) is 5. The number of anilines is 1. The van der Waals surface area contributed by atoms with E-state index in [2.05, 4.69) is 11.4 Å². The van der Waals surface area contributed by atoms with E-state index in [1.54, 1.807) is 48.5 Å². The Morgan fingerprint density at radius 2 is 1.81 bits per heavy atom. The van der Waals surface area contributed by atoms with Crippen molar-refractivity contribution in [2.45, 2.75) is 6.42 Å². The minimum Gasteiger partial charge on any atom is -0.456 e. The van der Waals surface area contributed by atoms with Gasteiger partial charge in [-0.25, -0.2) is 4.79 Å². The van der Waals surface area contributed by atoms with Crippen LogP contribution in [0.5, 0.6) is 11.5 Å². The number of ether oxygens (including phenoxy) is 1. The molecule has 0 saturated heterocycles. The van der Waals surface area contributed by atoms with Crippen LogP contribution in [0, 0.1) is 11.3 Å². The van der Waals surface area contributed by atoms with Gasteiger partial charge in [-0.05, 0) is 42.8 Å². The molecular formula is C19H21N3O4. The SMILES string of the molecule is N#Cc1ccccc1Oc1ccc(NC(=O)N(CCO)CCCO)cc1. The average Bonchev–Trinajstić information content (AvgIpc) is 2.67. The first kappa shape index (κ1) is 19.2. The number of aliphatic hydroxyl groups is 2. The van der Waals surface area contributed by atoms with E-state index in [1.165, 1.54) is 4.90 Å². The van der Waals surface area contributed by atoms with Crippen molar-refractivity contribution in [3.8, 4) is 17.6 Å². The van der Waals surface area contributed by atoms with Crippen LogP contribution in [-0.4, -0.2) is 47.4 Å². The van der Waals surface area contributed by atoms with Crippen molar-refractivity contribution >= 4 is 11.7 Å². The molecule has 26 heavy (non-hydrogen) atoms. The summed E-state index contributed by atoms with van der Waals surface area (Å²) in [5, 5.41) is 29.8. The Bertz CT molecular complexity index is 756. The van der Waals surface area contributed by atoms with Crippen molar-refractivity contribution in [3.63, 3.8) is 0 Å². The predicted molar refractivity (Wildman–Crippen MR) is 97.1 cm³/mol. The summed E-state index contributed by atoms with van der Waals surface area (Å²) in [5.74, 6) is 1.00. The summed E-state index contributed by atoms with van der Waals surface area (Å²) < 4.78 is 5.69. The third kappa shape index (κ3) is 5.48. The van der Waals surface area contributed by atoms with Crippen LogP contribution in [0.4, 0.5) is 10.5 Å². The van der Waals surface area contributed by atoms with E-state index >= 15 is 0 Å². The fourth-order valence-electron chi connectivity index (χ4n) is 2.28. The molecule has 0 fully saturated rings. The maximum atomic E-state index is 12.2. The zero-order valence-electron chi connectivity index (χ0n) is 14.3. The quantitative estimate of drug-likeness (QED) is 0.675. The second-order valence-corrected chi connectivity index (χ2v) is 5.45. The summed E-state index contributed by atoms with van der Waals surface area (Å²) in [6.45, 7) is 0.377. The summed E-state index contributed by atoms with van der Waals surface area (Å²) in [4.78, 5) is 13.7. The molecule has 0 aromatic heterocycles. The molecular weight excluding hydrogens is 334 g/mol. The van der Waals surface area contributed by atoms with Gasteiger partial charge in [-0.15, -0.1) is 0 Å².